The number of thioether (sulfide) groups is 1. The standard InChI is InChI=1S/C22H23N3O2S/c1-4-27-18-9-7-17(8-10-18)19-11-12-22(25-24-19)28-14-21(26)23-20-13-15(2)5-6-16(20)3/h5-13H,4,14H2,1-3H3,(H,23,26). The number of nitrogens with zero attached hydrogens (tertiary/aromatic N) is 2. The molecule has 0 bridgehead atoms. The van der Waals surface area contributed by atoms with E-state index in [1.54, 1.807) is 0 Å². The van der Waals surface area contributed by atoms with Gasteiger partial charge in [-0.15, -0.1) is 10.2 Å². The zero-order valence-electron chi connectivity index (χ0n) is 16.2. The molecule has 3 rings (SSSR count). The summed E-state index contributed by atoms with van der Waals surface area (Å²) in [7, 11) is 0. The topological polar surface area (TPSA) is 64.1 Å². The molecular weight excluding hydrogens is 370 g/mol. The summed E-state index contributed by atoms with van der Waals surface area (Å²) in [5, 5.41) is 12.2. The first-order valence-electron chi connectivity index (χ1n) is 9.12. The predicted molar refractivity (Wildman–Crippen MR) is 114 cm³/mol. The number of carbonyl (C=O) groups excluding carboxylic acids is 1. The number of benzene rings is 2. The van der Waals surface area contributed by atoms with Crippen LogP contribution in [-0.4, -0.2) is 28.5 Å². The minimum absolute atomic E-state index is 0.0592. The van der Waals surface area contributed by atoms with E-state index in [1.807, 2.05) is 75.4 Å². The van der Waals surface area contributed by atoms with Crippen LogP contribution in [0.4, 0.5) is 5.69 Å². The van der Waals surface area contributed by atoms with Gasteiger partial charge in [0.2, 0.25) is 5.91 Å². The molecule has 2 aromatic carbocycles. The largest absolute Gasteiger partial charge is 0.494 e. The van der Waals surface area contributed by atoms with Gasteiger partial charge >= 0.3 is 0 Å². The van der Waals surface area contributed by atoms with Crippen LogP contribution in [0.1, 0.15) is 18.1 Å². The minimum atomic E-state index is -0.0592. The second-order valence-corrected chi connectivity index (χ2v) is 7.37. The van der Waals surface area contributed by atoms with Gasteiger partial charge in [0, 0.05) is 11.3 Å². The molecule has 0 spiro atoms. The molecule has 6 heteroatoms. The van der Waals surface area contributed by atoms with Gasteiger partial charge in [-0.25, -0.2) is 0 Å². The highest BCUT2D eigenvalue weighted by Gasteiger charge is 2.08. The second kappa shape index (κ2) is 9.37. The number of hydrogen-bond acceptors (Lipinski definition) is 5. The van der Waals surface area contributed by atoms with Crippen molar-refractivity contribution in [2.45, 2.75) is 25.8 Å². The number of carbonyl (C=O) groups is 1. The molecule has 1 N–H and O–H groups in total. The van der Waals surface area contributed by atoms with Crippen LogP contribution in [0, 0.1) is 13.8 Å². The lowest BCUT2D eigenvalue weighted by Gasteiger charge is -2.09. The van der Waals surface area contributed by atoms with E-state index in [0.29, 0.717) is 11.6 Å². The van der Waals surface area contributed by atoms with Crippen molar-refractivity contribution in [3.8, 4) is 17.0 Å². The Labute approximate surface area is 169 Å². The van der Waals surface area contributed by atoms with Crippen molar-refractivity contribution in [1.29, 1.82) is 0 Å². The zero-order valence-corrected chi connectivity index (χ0v) is 17.0. The smallest absolute Gasteiger partial charge is 0.234 e. The van der Waals surface area contributed by atoms with Gasteiger partial charge in [0.15, 0.2) is 0 Å². The van der Waals surface area contributed by atoms with Crippen molar-refractivity contribution >= 4 is 23.4 Å². The van der Waals surface area contributed by atoms with Crippen molar-refractivity contribution in [3.05, 3.63) is 65.7 Å². The molecule has 0 aliphatic carbocycles. The van der Waals surface area contributed by atoms with Crippen LogP contribution in [0.5, 0.6) is 5.75 Å². The summed E-state index contributed by atoms with van der Waals surface area (Å²) >= 11 is 1.37. The minimum Gasteiger partial charge on any atom is -0.494 e. The van der Waals surface area contributed by atoms with Crippen molar-refractivity contribution in [3.63, 3.8) is 0 Å². The van der Waals surface area contributed by atoms with E-state index in [2.05, 4.69) is 15.5 Å². The highest BCUT2D eigenvalue weighted by Crippen LogP contribution is 2.23. The summed E-state index contributed by atoms with van der Waals surface area (Å²) in [6, 6.07) is 17.6. The summed E-state index contributed by atoms with van der Waals surface area (Å²) in [6.45, 7) is 6.58. The Morgan fingerprint density at radius 1 is 1.04 bits per heavy atom. The summed E-state index contributed by atoms with van der Waals surface area (Å²) < 4.78 is 5.45. The van der Waals surface area contributed by atoms with Crippen molar-refractivity contribution in [2.75, 3.05) is 17.7 Å². The van der Waals surface area contributed by atoms with E-state index >= 15 is 0 Å². The van der Waals surface area contributed by atoms with E-state index < -0.39 is 0 Å². The second-order valence-electron chi connectivity index (χ2n) is 6.37. The van der Waals surface area contributed by atoms with Crippen LogP contribution in [-0.2, 0) is 4.79 Å². The third-order valence-electron chi connectivity index (χ3n) is 4.12. The number of aryl methyl sites for hydroxylation is 2. The SMILES string of the molecule is CCOc1ccc(-c2ccc(SCC(=O)Nc3cc(C)ccc3C)nn2)cc1. The third kappa shape index (κ3) is 5.33. The lowest BCUT2D eigenvalue weighted by molar-refractivity contribution is -0.113. The molecule has 3 aromatic rings. The van der Waals surface area contributed by atoms with E-state index in [0.717, 1.165) is 33.8 Å². The van der Waals surface area contributed by atoms with Gasteiger partial charge in [0.25, 0.3) is 0 Å². The molecule has 1 heterocycles. The molecule has 144 valence electrons. The number of hydrogen-bond donors (Lipinski definition) is 1. The first-order valence-corrected chi connectivity index (χ1v) is 10.1. The number of aromatic nitrogens is 2. The maximum atomic E-state index is 12.2. The van der Waals surface area contributed by atoms with Crippen LogP contribution in [0.25, 0.3) is 11.3 Å². The van der Waals surface area contributed by atoms with Crippen LogP contribution in [0.15, 0.2) is 59.6 Å². The van der Waals surface area contributed by atoms with Gasteiger partial charge in [0.05, 0.1) is 18.1 Å². The van der Waals surface area contributed by atoms with Gasteiger partial charge in [0.1, 0.15) is 10.8 Å². The summed E-state index contributed by atoms with van der Waals surface area (Å²) in [5.74, 6) is 1.06. The van der Waals surface area contributed by atoms with E-state index in [4.69, 9.17) is 4.74 Å². The number of nitrogens with one attached hydrogen (secondary N) is 1. The highest BCUT2D eigenvalue weighted by molar-refractivity contribution is 7.99. The molecule has 0 saturated carbocycles. The number of anilines is 1. The van der Waals surface area contributed by atoms with E-state index in [-0.39, 0.29) is 11.7 Å². The van der Waals surface area contributed by atoms with E-state index in [1.165, 1.54) is 11.8 Å². The maximum Gasteiger partial charge on any atom is 0.234 e. The Morgan fingerprint density at radius 2 is 1.82 bits per heavy atom. The van der Waals surface area contributed by atoms with Gasteiger partial charge in [-0.1, -0.05) is 23.9 Å². The summed E-state index contributed by atoms with van der Waals surface area (Å²) in [4.78, 5) is 12.2. The molecule has 28 heavy (non-hydrogen) atoms. The molecule has 0 unspecified atom stereocenters. The normalized spacial score (nSPS) is 10.5. The van der Waals surface area contributed by atoms with Gasteiger partial charge in [-0.3, -0.25) is 4.79 Å². The zero-order chi connectivity index (χ0) is 19.9. The highest BCUT2D eigenvalue weighted by atomic mass is 32.2. The molecule has 1 amide bonds. The Kier molecular flexibility index (Phi) is 6.66. The van der Waals surface area contributed by atoms with Gasteiger partial charge in [-0.05, 0) is 74.4 Å². The summed E-state index contributed by atoms with van der Waals surface area (Å²) in [6.07, 6.45) is 0. The number of ether oxygens (including phenoxy) is 1. The fourth-order valence-electron chi connectivity index (χ4n) is 2.64. The van der Waals surface area contributed by atoms with E-state index in [9.17, 15) is 4.79 Å². The van der Waals surface area contributed by atoms with Gasteiger partial charge < -0.3 is 10.1 Å². The Hall–Kier alpha value is -2.86. The first-order chi connectivity index (χ1) is 13.5. The lowest BCUT2D eigenvalue weighted by Crippen LogP contribution is -2.15. The molecule has 0 aliphatic heterocycles. The average molecular weight is 394 g/mol. The molecule has 1 aromatic heterocycles. The molecule has 5 nitrogen and oxygen atoms in total. The van der Waals surface area contributed by atoms with Crippen LogP contribution in [0.3, 0.4) is 0 Å². The molecule has 0 saturated heterocycles. The maximum absolute atomic E-state index is 12.2. The van der Waals surface area contributed by atoms with Crippen molar-refractivity contribution < 1.29 is 9.53 Å². The predicted octanol–water partition coefficient (Wildman–Crippen LogP) is 4.89. The van der Waals surface area contributed by atoms with Crippen LogP contribution >= 0.6 is 11.8 Å². The number of amides is 1. The lowest BCUT2D eigenvalue weighted by atomic mass is 10.1. The molecule has 0 atom stereocenters. The van der Waals surface area contributed by atoms with Crippen LogP contribution < -0.4 is 10.1 Å². The molecular formula is C22H23N3O2S. The Balaban J connectivity index is 1.56. The molecule has 0 radical (unpaired) electrons. The number of rotatable bonds is 7. The Morgan fingerprint density at radius 3 is 2.50 bits per heavy atom. The third-order valence-corrected chi connectivity index (χ3v) is 5.04. The molecule has 0 aliphatic rings. The molecule has 0 fully saturated rings. The van der Waals surface area contributed by atoms with Crippen molar-refractivity contribution in [2.24, 2.45) is 0 Å². The Bertz CT molecular complexity index is 941. The first kappa shape index (κ1) is 19.9. The van der Waals surface area contributed by atoms with Crippen LogP contribution in [0.2, 0.25) is 0 Å². The fourth-order valence-corrected chi connectivity index (χ4v) is 3.25. The quantitative estimate of drug-likeness (QED) is 0.579. The fraction of sp³-hybridized carbons (Fsp3) is 0.227. The average Bonchev–Trinajstić information content (AvgIpc) is 2.70. The van der Waals surface area contributed by atoms with Crippen molar-refractivity contribution in [1.82, 2.24) is 10.2 Å². The summed E-state index contributed by atoms with van der Waals surface area (Å²) in [5.41, 5.74) is 4.77. The monoisotopic (exact) mass is 393 g/mol. The van der Waals surface area contributed by atoms with Gasteiger partial charge in [-0.2, -0.15) is 0 Å².